The number of pyridine rings is 1. The minimum absolute atomic E-state index is 0.502. The Balaban J connectivity index is 1.70. The largest absolute Gasteiger partial charge is 0.493 e. The third kappa shape index (κ3) is 2.41. The molecule has 0 atom stereocenters. The van der Waals surface area contributed by atoms with Crippen LogP contribution in [0, 0.1) is 0 Å². The van der Waals surface area contributed by atoms with E-state index in [9.17, 15) is 0 Å². The van der Waals surface area contributed by atoms with Crippen LogP contribution in [0.4, 0.5) is 5.82 Å². The summed E-state index contributed by atoms with van der Waals surface area (Å²) in [7, 11) is 0. The zero-order valence-corrected chi connectivity index (χ0v) is 10.6. The van der Waals surface area contributed by atoms with Crippen molar-refractivity contribution in [3.05, 3.63) is 52.7 Å². The first kappa shape index (κ1) is 11.4. The van der Waals surface area contributed by atoms with E-state index < -0.39 is 0 Å². The molecule has 2 heterocycles. The van der Waals surface area contributed by atoms with Crippen molar-refractivity contribution in [3.63, 3.8) is 0 Å². The first-order chi connectivity index (χ1) is 8.81. The smallest absolute Gasteiger partial charge is 0.131 e. The van der Waals surface area contributed by atoms with Crippen LogP contribution in [0.2, 0.25) is 5.15 Å². The lowest BCUT2D eigenvalue weighted by atomic mass is 10.1. The molecule has 0 aliphatic carbocycles. The standard InChI is InChI=1S/C14H13ClN2O/c15-13-2-1-3-14(17-13)16-9-10-4-5-12-11(8-10)6-7-18-12/h1-5,8H,6-7,9H2,(H,16,17). The van der Waals surface area contributed by atoms with Gasteiger partial charge in [0.25, 0.3) is 0 Å². The van der Waals surface area contributed by atoms with E-state index in [0.717, 1.165) is 31.1 Å². The van der Waals surface area contributed by atoms with Crippen molar-refractivity contribution in [1.29, 1.82) is 0 Å². The van der Waals surface area contributed by atoms with Gasteiger partial charge in [0.2, 0.25) is 0 Å². The fourth-order valence-electron chi connectivity index (χ4n) is 2.05. The maximum Gasteiger partial charge on any atom is 0.131 e. The Morgan fingerprint density at radius 2 is 2.22 bits per heavy atom. The van der Waals surface area contributed by atoms with Gasteiger partial charge in [-0.05, 0) is 29.3 Å². The average molecular weight is 261 g/mol. The van der Waals surface area contributed by atoms with Crippen LogP contribution in [0.3, 0.4) is 0 Å². The zero-order valence-electron chi connectivity index (χ0n) is 9.82. The molecule has 1 aromatic heterocycles. The zero-order chi connectivity index (χ0) is 12.4. The number of benzene rings is 1. The predicted octanol–water partition coefficient (Wildman–Crippen LogP) is 3.28. The Kier molecular flexibility index (Phi) is 3.07. The lowest BCUT2D eigenvalue weighted by Crippen LogP contribution is -2.01. The highest BCUT2D eigenvalue weighted by atomic mass is 35.5. The Bertz CT molecular complexity index is 571. The molecule has 0 saturated heterocycles. The van der Waals surface area contributed by atoms with Gasteiger partial charge in [0.15, 0.2) is 0 Å². The second kappa shape index (κ2) is 4.86. The van der Waals surface area contributed by atoms with Gasteiger partial charge in [-0.25, -0.2) is 4.98 Å². The van der Waals surface area contributed by atoms with Crippen LogP contribution in [0.5, 0.6) is 5.75 Å². The summed E-state index contributed by atoms with van der Waals surface area (Å²) in [5, 5.41) is 3.76. The second-order valence-electron chi connectivity index (χ2n) is 4.24. The molecule has 0 amide bonds. The van der Waals surface area contributed by atoms with Gasteiger partial charge in [0, 0.05) is 13.0 Å². The van der Waals surface area contributed by atoms with E-state index in [1.807, 2.05) is 18.2 Å². The molecule has 1 N–H and O–H groups in total. The Morgan fingerprint density at radius 3 is 3.11 bits per heavy atom. The van der Waals surface area contributed by atoms with Gasteiger partial charge in [-0.3, -0.25) is 0 Å². The predicted molar refractivity (Wildman–Crippen MR) is 72.2 cm³/mol. The second-order valence-corrected chi connectivity index (χ2v) is 4.63. The Hall–Kier alpha value is -1.74. The van der Waals surface area contributed by atoms with Crippen molar-refractivity contribution in [2.75, 3.05) is 11.9 Å². The SMILES string of the molecule is Clc1cccc(NCc2ccc3c(c2)CCO3)n1. The molecule has 0 fully saturated rings. The number of ether oxygens (including phenoxy) is 1. The molecule has 1 aromatic carbocycles. The molecule has 4 heteroatoms. The van der Waals surface area contributed by atoms with Crippen LogP contribution < -0.4 is 10.1 Å². The van der Waals surface area contributed by atoms with Crippen molar-refractivity contribution in [3.8, 4) is 5.75 Å². The summed E-state index contributed by atoms with van der Waals surface area (Å²) in [4.78, 5) is 4.19. The summed E-state index contributed by atoms with van der Waals surface area (Å²) in [5.74, 6) is 1.80. The van der Waals surface area contributed by atoms with Crippen molar-refractivity contribution in [2.24, 2.45) is 0 Å². The first-order valence-corrected chi connectivity index (χ1v) is 6.30. The molecule has 3 nitrogen and oxygen atoms in total. The van der Waals surface area contributed by atoms with E-state index in [-0.39, 0.29) is 0 Å². The van der Waals surface area contributed by atoms with Gasteiger partial charge in [0.1, 0.15) is 16.7 Å². The summed E-state index contributed by atoms with van der Waals surface area (Å²) in [6.45, 7) is 1.53. The maximum atomic E-state index is 5.84. The number of halogens is 1. The summed E-state index contributed by atoms with van der Waals surface area (Å²) in [6.07, 6.45) is 0.999. The summed E-state index contributed by atoms with van der Waals surface area (Å²) >= 11 is 5.84. The molecule has 2 aromatic rings. The van der Waals surface area contributed by atoms with E-state index >= 15 is 0 Å². The minimum Gasteiger partial charge on any atom is -0.493 e. The van der Waals surface area contributed by atoms with Gasteiger partial charge < -0.3 is 10.1 Å². The minimum atomic E-state index is 0.502. The maximum absolute atomic E-state index is 5.84. The number of fused-ring (bicyclic) bond motifs is 1. The van der Waals surface area contributed by atoms with E-state index in [1.165, 1.54) is 11.1 Å². The highest BCUT2D eigenvalue weighted by Crippen LogP contribution is 2.26. The van der Waals surface area contributed by atoms with Gasteiger partial charge >= 0.3 is 0 Å². The van der Waals surface area contributed by atoms with Crippen LogP contribution in [-0.4, -0.2) is 11.6 Å². The number of nitrogens with one attached hydrogen (secondary N) is 1. The van der Waals surface area contributed by atoms with Crippen LogP contribution in [-0.2, 0) is 13.0 Å². The Labute approximate surface area is 111 Å². The third-order valence-electron chi connectivity index (χ3n) is 2.94. The summed E-state index contributed by atoms with van der Waals surface area (Å²) in [6, 6.07) is 11.8. The van der Waals surface area contributed by atoms with E-state index in [4.69, 9.17) is 16.3 Å². The van der Waals surface area contributed by atoms with E-state index in [0.29, 0.717) is 5.15 Å². The average Bonchev–Trinajstić information content (AvgIpc) is 2.84. The number of nitrogens with zero attached hydrogens (tertiary/aromatic N) is 1. The van der Waals surface area contributed by atoms with Crippen molar-refractivity contribution >= 4 is 17.4 Å². The molecule has 1 aliphatic rings. The molecule has 3 rings (SSSR count). The molecule has 0 radical (unpaired) electrons. The monoisotopic (exact) mass is 260 g/mol. The highest BCUT2D eigenvalue weighted by Gasteiger charge is 2.11. The number of hydrogen-bond donors (Lipinski definition) is 1. The Morgan fingerprint density at radius 1 is 1.28 bits per heavy atom. The van der Waals surface area contributed by atoms with Crippen LogP contribution >= 0.6 is 11.6 Å². The van der Waals surface area contributed by atoms with Crippen LogP contribution in [0.1, 0.15) is 11.1 Å². The third-order valence-corrected chi connectivity index (χ3v) is 3.15. The van der Waals surface area contributed by atoms with E-state index in [2.05, 4.69) is 22.4 Å². The molecule has 92 valence electrons. The summed E-state index contributed by atoms with van der Waals surface area (Å²) < 4.78 is 5.48. The lowest BCUT2D eigenvalue weighted by Gasteiger charge is -2.07. The molecule has 0 bridgehead atoms. The topological polar surface area (TPSA) is 34.1 Å². The highest BCUT2D eigenvalue weighted by molar-refractivity contribution is 6.29. The molecule has 0 unspecified atom stereocenters. The first-order valence-electron chi connectivity index (χ1n) is 5.92. The molecule has 1 aliphatic heterocycles. The summed E-state index contributed by atoms with van der Waals surface area (Å²) in [5.41, 5.74) is 2.51. The number of aromatic nitrogens is 1. The van der Waals surface area contributed by atoms with E-state index in [1.54, 1.807) is 6.07 Å². The number of rotatable bonds is 3. The van der Waals surface area contributed by atoms with Crippen LogP contribution in [0.25, 0.3) is 0 Å². The van der Waals surface area contributed by atoms with Gasteiger partial charge in [-0.1, -0.05) is 29.8 Å². The normalized spacial score (nSPS) is 12.9. The van der Waals surface area contributed by atoms with Crippen LogP contribution in [0.15, 0.2) is 36.4 Å². The molecule has 0 saturated carbocycles. The molecule has 18 heavy (non-hydrogen) atoms. The van der Waals surface area contributed by atoms with Crippen molar-refractivity contribution in [2.45, 2.75) is 13.0 Å². The number of hydrogen-bond acceptors (Lipinski definition) is 3. The lowest BCUT2D eigenvalue weighted by molar-refractivity contribution is 0.357. The van der Waals surface area contributed by atoms with Gasteiger partial charge in [-0.15, -0.1) is 0 Å². The molecular weight excluding hydrogens is 248 g/mol. The quantitative estimate of drug-likeness (QED) is 0.860. The van der Waals surface area contributed by atoms with Crippen molar-refractivity contribution in [1.82, 2.24) is 4.98 Å². The molecule has 0 spiro atoms. The van der Waals surface area contributed by atoms with Gasteiger partial charge in [-0.2, -0.15) is 0 Å². The fourth-order valence-corrected chi connectivity index (χ4v) is 2.21. The van der Waals surface area contributed by atoms with Gasteiger partial charge in [0.05, 0.1) is 6.61 Å². The molecular formula is C14H13ClN2O. The van der Waals surface area contributed by atoms with Crippen molar-refractivity contribution < 1.29 is 4.74 Å². The fraction of sp³-hybridized carbons (Fsp3) is 0.214. The number of anilines is 1.